The van der Waals surface area contributed by atoms with Gasteiger partial charge in [-0.2, -0.15) is 0 Å². The maximum absolute atomic E-state index is 11.7. The van der Waals surface area contributed by atoms with Gasteiger partial charge in [-0.25, -0.2) is 10.9 Å². The van der Waals surface area contributed by atoms with Gasteiger partial charge in [0.05, 0.1) is 9.13 Å². The first-order valence-corrected chi connectivity index (χ1v) is 15.9. The summed E-state index contributed by atoms with van der Waals surface area (Å²) in [6.07, 6.45) is 23.5. The molecule has 2 rings (SSSR count). The van der Waals surface area contributed by atoms with Crippen molar-refractivity contribution in [2.75, 3.05) is 0 Å². The Bertz CT molecular complexity index is 983. The second-order valence-electron chi connectivity index (χ2n) is 9.18. The van der Waals surface area contributed by atoms with Crippen molar-refractivity contribution < 1.29 is 16.0 Å². The van der Waals surface area contributed by atoms with Crippen LogP contribution in [-0.2, 0) is 12.6 Å². The Hall–Kier alpha value is -1.76. The van der Waals surface area contributed by atoms with E-state index in [1.54, 1.807) is 6.07 Å². The number of carbonyl (C=O) groups is 1. The molecule has 34 heavy (non-hydrogen) atoms. The highest BCUT2D eigenvalue weighted by Gasteiger charge is 2.16. The first-order chi connectivity index (χ1) is 16.5. The highest BCUT2D eigenvalue weighted by Crippen LogP contribution is 2.30. The van der Waals surface area contributed by atoms with Gasteiger partial charge in [0.1, 0.15) is 0 Å². The molecule has 5 heteroatoms. The van der Waals surface area contributed by atoms with Gasteiger partial charge in [0, 0.05) is 0 Å². The predicted molar refractivity (Wildman–Crippen MR) is 148 cm³/mol. The fourth-order valence-corrected chi connectivity index (χ4v) is 5.86. The minimum absolute atomic E-state index is 0.0181. The summed E-state index contributed by atoms with van der Waals surface area (Å²) in [6, 6.07) is 8.86. The molecule has 0 saturated heterocycles. The van der Waals surface area contributed by atoms with E-state index in [1.807, 2.05) is 18.2 Å². The topological polar surface area (TPSA) is 71.4 Å². The summed E-state index contributed by atoms with van der Waals surface area (Å²) in [7, 11) is 0. The number of rotatable bonds is 18. The van der Waals surface area contributed by atoms with Crippen LogP contribution in [0.15, 0.2) is 42.5 Å². The quantitative estimate of drug-likeness (QED) is 0.108. The number of halogens is 1. The molecule has 0 radical (unpaired) electrons. The Morgan fingerprint density at radius 3 is 2.00 bits per heavy atom. The molecule has 0 aliphatic carbocycles. The number of aryl methyl sites for hydroxylation is 1. The number of unbranched alkanes of at least 4 members (excludes halogenated alkanes) is 12. The summed E-state index contributed by atoms with van der Waals surface area (Å²) < 4.78 is 23.3. The molecule has 4 nitrogen and oxygen atoms in total. The van der Waals surface area contributed by atoms with Gasteiger partial charge in [-0.3, -0.25) is 0 Å². The molecule has 0 aliphatic rings. The normalized spacial score (nSPS) is 11.7. The minimum atomic E-state index is -3.89. The van der Waals surface area contributed by atoms with Gasteiger partial charge < -0.3 is 5.11 Å². The Balaban J connectivity index is 1.65. The summed E-state index contributed by atoms with van der Waals surface area (Å²) in [5, 5.41) is 11.0. The van der Waals surface area contributed by atoms with E-state index in [0.717, 1.165) is 42.0 Å². The zero-order chi connectivity index (χ0) is 24.6. The van der Waals surface area contributed by atoms with Crippen LogP contribution in [0.3, 0.4) is 0 Å². The van der Waals surface area contributed by atoms with Crippen LogP contribution in [-0.4, -0.2) is 11.1 Å². The Labute approximate surface area is 212 Å². The van der Waals surface area contributed by atoms with Crippen LogP contribution in [0.2, 0.25) is 0 Å². The molecule has 2 aromatic rings. The van der Waals surface area contributed by atoms with E-state index in [1.165, 1.54) is 76.7 Å². The van der Waals surface area contributed by atoms with E-state index in [-0.39, 0.29) is 9.13 Å². The highest BCUT2D eigenvalue weighted by molar-refractivity contribution is 14.2. The SMILES string of the molecule is CCCCCCCCCC/C=C/CCCCCCc1cccc2cc(C(=O)O)c(I(=O)=O)cc12. The summed E-state index contributed by atoms with van der Waals surface area (Å²) in [5.74, 6) is -1.19. The van der Waals surface area contributed by atoms with Gasteiger partial charge in [-0.1, -0.05) is 95.1 Å². The maximum Gasteiger partial charge on any atom is 0.341 e. The first kappa shape index (κ1) is 28.5. The lowest BCUT2D eigenvalue weighted by Gasteiger charge is -2.09. The number of carboxylic acids is 1. The lowest BCUT2D eigenvalue weighted by atomic mass is 9.98. The molecule has 0 fully saturated rings. The molecule has 0 bridgehead atoms. The number of hydrogen-bond acceptors (Lipinski definition) is 3. The number of carboxylic acid groups (broad SMARTS) is 1. The number of allylic oxidation sites excluding steroid dienone is 2. The Morgan fingerprint density at radius 1 is 0.824 bits per heavy atom. The third kappa shape index (κ3) is 10.2. The number of hydrogen-bond donors (Lipinski definition) is 1. The molecule has 0 spiro atoms. The fraction of sp³-hybridized carbons (Fsp3) is 0.552. The molecule has 0 atom stereocenters. The number of fused-ring (bicyclic) bond motifs is 1. The number of benzene rings is 2. The van der Waals surface area contributed by atoms with E-state index in [9.17, 15) is 16.0 Å². The van der Waals surface area contributed by atoms with Crippen molar-refractivity contribution in [1.29, 1.82) is 0 Å². The molecule has 1 N–H and O–H groups in total. The van der Waals surface area contributed by atoms with Crippen LogP contribution in [0.1, 0.15) is 113 Å². The molecule has 2 aromatic carbocycles. The van der Waals surface area contributed by atoms with Crippen molar-refractivity contribution in [3.05, 3.63) is 57.2 Å². The lowest BCUT2D eigenvalue weighted by Crippen LogP contribution is -2.01. The maximum atomic E-state index is 11.7. The second-order valence-corrected chi connectivity index (χ2v) is 11.6. The number of aromatic carboxylic acids is 1. The van der Waals surface area contributed by atoms with E-state index in [2.05, 4.69) is 19.1 Å². The zero-order valence-electron chi connectivity index (χ0n) is 20.7. The molecular weight excluding hydrogens is 539 g/mol. The van der Waals surface area contributed by atoms with E-state index < -0.39 is 25.8 Å². The van der Waals surface area contributed by atoms with E-state index >= 15 is 0 Å². The lowest BCUT2D eigenvalue weighted by molar-refractivity contribution is 0.0695. The van der Waals surface area contributed by atoms with Crippen molar-refractivity contribution in [2.45, 2.75) is 103 Å². The average Bonchev–Trinajstić information content (AvgIpc) is 2.82. The first-order valence-electron chi connectivity index (χ1n) is 13.0. The summed E-state index contributed by atoms with van der Waals surface area (Å²) >= 11 is -3.89. The van der Waals surface area contributed by atoms with Gasteiger partial charge in [0.25, 0.3) is 0 Å². The summed E-state index contributed by atoms with van der Waals surface area (Å²) in [6.45, 7) is 2.26. The monoisotopic (exact) mass is 580 g/mol. The van der Waals surface area contributed by atoms with Crippen molar-refractivity contribution in [2.24, 2.45) is 0 Å². The van der Waals surface area contributed by atoms with E-state index in [0.29, 0.717) is 0 Å². The summed E-state index contributed by atoms with van der Waals surface area (Å²) in [4.78, 5) is 11.4. The van der Waals surface area contributed by atoms with Gasteiger partial charge in [0.2, 0.25) is 0 Å². The third-order valence-electron chi connectivity index (χ3n) is 6.41. The second kappa shape index (κ2) is 16.8. The smallest absolute Gasteiger partial charge is 0.341 e. The van der Waals surface area contributed by atoms with Gasteiger partial charge in [-0.15, -0.1) is 0 Å². The largest absolute Gasteiger partial charge is 0.478 e. The van der Waals surface area contributed by atoms with Crippen molar-refractivity contribution >= 4 is 36.5 Å². The van der Waals surface area contributed by atoms with Crippen LogP contribution < -0.4 is 0 Å². The van der Waals surface area contributed by atoms with Gasteiger partial charge >= 0.3 is 25.8 Å². The standard InChI is InChI=1S/C29H41IO4/c1-2-3-4-5-6-7-8-9-10-11-12-13-14-15-16-17-19-24-20-18-21-25-22-27(29(31)32)28(30(33)34)23-26(24)25/h11-12,18,20-23H,2-10,13-17,19H2,1H3,(H,31,32)/b12-11+. The molecule has 188 valence electrons. The van der Waals surface area contributed by atoms with Crippen LogP contribution in [0.25, 0.3) is 10.8 Å². The van der Waals surface area contributed by atoms with Crippen LogP contribution in [0.4, 0.5) is 0 Å². The fourth-order valence-electron chi connectivity index (χ4n) is 4.44. The van der Waals surface area contributed by atoms with E-state index in [4.69, 9.17) is 0 Å². The molecule has 0 heterocycles. The Kier molecular flexibility index (Phi) is 14.1. The van der Waals surface area contributed by atoms with Crippen LogP contribution in [0, 0.1) is 3.57 Å². The third-order valence-corrected chi connectivity index (χ3v) is 8.25. The van der Waals surface area contributed by atoms with Gasteiger partial charge in [-0.05, 0) is 67.0 Å². The Morgan fingerprint density at radius 2 is 1.41 bits per heavy atom. The van der Waals surface area contributed by atoms with Crippen molar-refractivity contribution in [1.82, 2.24) is 0 Å². The van der Waals surface area contributed by atoms with Crippen molar-refractivity contribution in [3.8, 4) is 0 Å². The average molecular weight is 581 g/mol. The van der Waals surface area contributed by atoms with Crippen molar-refractivity contribution in [3.63, 3.8) is 0 Å². The minimum Gasteiger partial charge on any atom is -0.478 e. The van der Waals surface area contributed by atoms with Gasteiger partial charge in [0.15, 0.2) is 0 Å². The summed E-state index contributed by atoms with van der Waals surface area (Å²) in [5.41, 5.74) is 0.981. The molecule has 0 aliphatic heterocycles. The van der Waals surface area contributed by atoms with Crippen LogP contribution >= 0.6 is 19.8 Å². The molecule has 0 aromatic heterocycles. The predicted octanol–water partition coefficient (Wildman–Crippen LogP) is 9.49. The van der Waals surface area contributed by atoms with Crippen LogP contribution in [0.5, 0.6) is 0 Å². The highest BCUT2D eigenvalue weighted by atomic mass is 127. The molecule has 0 amide bonds. The molecular formula is C29H41IO4. The molecule has 0 saturated carbocycles. The molecule has 0 unspecified atom stereocenters. The zero-order valence-corrected chi connectivity index (χ0v) is 22.9.